The lowest BCUT2D eigenvalue weighted by atomic mass is 9.85. The van der Waals surface area contributed by atoms with Crippen molar-refractivity contribution >= 4 is 18.0 Å². The fourth-order valence-electron chi connectivity index (χ4n) is 3.81. The SMILES string of the molecule is CCOC(=O)[C@@]1(F)[C@@H]2C[C@@H](N)[C@@](NC(=O)OC(C)(C)C)(C(=O)OCC)[C@@H]21. The average Bonchev–Trinajstić information content (AvgIpc) is 2.96. The molecule has 5 atom stereocenters. The summed E-state index contributed by atoms with van der Waals surface area (Å²) in [6.07, 6.45) is -0.894. The Morgan fingerprint density at radius 1 is 1.15 bits per heavy atom. The lowest BCUT2D eigenvalue weighted by molar-refractivity contribution is -0.158. The first-order chi connectivity index (χ1) is 11.9. The van der Waals surface area contributed by atoms with Crippen molar-refractivity contribution in [2.24, 2.45) is 17.6 Å². The molecule has 0 radical (unpaired) electrons. The Balaban J connectivity index is 2.36. The fraction of sp³-hybridized carbons (Fsp3) is 0.824. The van der Waals surface area contributed by atoms with Gasteiger partial charge in [0.05, 0.1) is 13.2 Å². The second kappa shape index (κ2) is 6.68. The van der Waals surface area contributed by atoms with Gasteiger partial charge in [0.1, 0.15) is 5.60 Å². The van der Waals surface area contributed by atoms with Crippen LogP contribution in [0.1, 0.15) is 41.0 Å². The molecule has 2 saturated carbocycles. The number of amides is 1. The minimum absolute atomic E-state index is 0.00188. The van der Waals surface area contributed by atoms with Crippen LogP contribution in [-0.4, -0.2) is 54.1 Å². The number of hydrogen-bond acceptors (Lipinski definition) is 7. The molecule has 0 heterocycles. The van der Waals surface area contributed by atoms with Crippen LogP contribution in [0.15, 0.2) is 0 Å². The zero-order chi connectivity index (χ0) is 19.9. The van der Waals surface area contributed by atoms with Gasteiger partial charge in [-0.15, -0.1) is 0 Å². The van der Waals surface area contributed by atoms with Crippen molar-refractivity contribution in [3.63, 3.8) is 0 Å². The van der Waals surface area contributed by atoms with Crippen molar-refractivity contribution in [1.29, 1.82) is 0 Å². The highest BCUT2D eigenvalue weighted by molar-refractivity contribution is 5.94. The number of esters is 2. The van der Waals surface area contributed by atoms with Gasteiger partial charge in [0.15, 0.2) is 5.54 Å². The highest BCUT2D eigenvalue weighted by atomic mass is 19.1. The molecule has 2 rings (SSSR count). The van der Waals surface area contributed by atoms with Crippen molar-refractivity contribution < 1.29 is 33.0 Å². The van der Waals surface area contributed by atoms with Crippen LogP contribution in [0.3, 0.4) is 0 Å². The number of carbonyl (C=O) groups is 3. The van der Waals surface area contributed by atoms with E-state index in [4.69, 9.17) is 19.9 Å². The molecule has 0 spiro atoms. The Hall–Kier alpha value is -1.90. The third kappa shape index (κ3) is 3.13. The number of hydrogen-bond donors (Lipinski definition) is 2. The highest BCUT2D eigenvalue weighted by Gasteiger charge is 2.86. The average molecular weight is 374 g/mol. The molecule has 3 N–H and O–H groups in total. The van der Waals surface area contributed by atoms with Crippen molar-refractivity contribution in [2.75, 3.05) is 13.2 Å². The van der Waals surface area contributed by atoms with Crippen LogP contribution in [0.4, 0.5) is 9.18 Å². The molecule has 0 bridgehead atoms. The summed E-state index contributed by atoms with van der Waals surface area (Å²) < 4.78 is 30.4. The number of nitrogens with two attached hydrogens (primary N) is 1. The minimum atomic E-state index is -2.38. The standard InChI is InChI=1S/C17H27FN2O6/c1-6-24-12(21)16(18)9-8-10(19)17(11(9)16,13(22)25-7-2)20-14(23)26-15(3,4)5/h9-11H,6-8,19H2,1-5H3,(H,20,23)/t9-,10-,11+,16-,17+/m1/s1. The minimum Gasteiger partial charge on any atom is -0.464 e. The van der Waals surface area contributed by atoms with Crippen LogP contribution in [0.5, 0.6) is 0 Å². The summed E-state index contributed by atoms with van der Waals surface area (Å²) in [6.45, 7) is 8.10. The van der Waals surface area contributed by atoms with E-state index in [2.05, 4.69) is 5.32 Å². The van der Waals surface area contributed by atoms with Gasteiger partial charge >= 0.3 is 18.0 Å². The van der Waals surface area contributed by atoms with E-state index in [1.165, 1.54) is 0 Å². The van der Waals surface area contributed by atoms with E-state index < -0.39 is 52.7 Å². The Morgan fingerprint density at radius 2 is 1.69 bits per heavy atom. The molecule has 0 aromatic heterocycles. The smallest absolute Gasteiger partial charge is 0.408 e. The van der Waals surface area contributed by atoms with Crippen molar-refractivity contribution in [1.82, 2.24) is 5.32 Å². The predicted octanol–water partition coefficient (Wildman–Crippen LogP) is 1.06. The fourth-order valence-corrected chi connectivity index (χ4v) is 3.81. The molecule has 0 saturated heterocycles. The number of rotatable bonds is 5. The summed E-state index contributed by atoms with van der Waals surface area (Å²) in [4.78, 5) is 37.1. The Morgan fingerprint density at radius 3 is 2.19 bits per heavy atom. The van der Waals surface area contributed by atoms with E-state index in [1.807, 2.05) is 0 Å². The van der Waals surface area contributed by atoms with Gasteiger partial charge in [-0.1, -0.05) is 0 Å². The summed E-state index contributed by atoms with van der Waals surface area (Å²) in [5, 5.41) is 2.42. The summed E-state index contributed by atoms with van der Waals surface area (Å²) >= 11 is 0. The topological polar surface area (TPSA) is 117 Å². The predicted molar refractivity (Wildman–Crippen MR) is 88.8 cm³/mol. The number of nitrogens with one attached hydrogen (secondary N) is 1. The largest absolute Gasteiger partial charge is 0.464 e. The number of ether oxygens (including phenoxy) is 3. The number of alkyl halides is 1. The van der Waals surface area contributed by atoms with Gasteiger partial charge in [-0.2, -0.15) is 0 Å². The van der Waals surface area contributed by atoms with Crippen LogP contribution in [0, 0.1) is 11.8 Å². The van der Waals surface area contributed by atoms with Gasteiger partial charge in [-0.25, -0.2) is 18.8 Å². The van der Waals surface area contributed by atoms with Crippen molar-refractivity contribution in [3.8, 4) is 0 Å². The molecule has 0 unspecified atom stereocenters. The van der Waals surface area contributed by atoms with Gasteiger partial charge in [-0.3, -0.25) is 0 Å². The second-order valence-corrected chi connectivity index (χ2v) is 7.63. The first-order valence-electron chi connectivity index (χ1n) is 8.75. The van der Waals surface area contributed by atoms with E-state index in [1.54, 1.807) is 34.6 Å². The van der Waals surface area contributed by atoms with E-state index in [0.29, 0.717) is 0 Å². The molecule has 2 aliphatic rings. The van der Waals surface area contributed by atoms with Crippen LogP contribution < -0.4 is 11.1 Å². The van der Waals surface area contributed by atoms with Crippen LogP contribution in [-0.2, 0) is 23.8 Å². The van der Waals surface area contributed by atoms with Gasteiger partial charge in [0, 0.05) is 17.9 Å². The number of fused-ring (bicyclic) bond motifs is 1. The summed E-state index contributed by atoms with van der Waals surface area (Å²) in [6, 6.07) is -0.914. The van der Waals surface area contributed by atoms with Crippen molar-refractivity contribution in [2.45, 2.75) is 63.9 Å². The maximum atomic E-state index is 15.3. The van der Waals surface area contributed by atoms with E-state index >= 15 is 4.39 Å². The summed E-state index contributed by atoms with van der Waals surface area (Å²) in [7, 11) is 0. The van der Waals surface area contributed by atoms with Crippen LogP contribution in [0.25, 0.3) is 0 Å². The molecular formula is C17H27FN2O6. The number of alkyl carbamates (subject to hydrolysis) is 1. The molecule has 2 aliphatic carbocycles. The lowest BCUT2D eigenvalue weighted by Gasteiger charge is -2.36. The lowest BCUT2D eigenvalue weighted by Crippen LogP contribution is -2.67. The third-order valence-corrected chi connectivity index (χ3v) is 4.78. The van der Waals surface area contributed by atoms with Crippen LogP contribution in [0.2, 0.25) is 0 Å². The quantitative estimate of drug-likeness (QED) is 0.546. The van der Waals surface area contributed by atoms with Gasteiger partial charge in [-0.05, 0) is 41.0 Å². The molecule has 9 heteroatoms. The molecule has 1 amide bonds. The normalized spacial score (nSPS) is 35.3. The first-order valence-corrected chi connectivity index (χ1v) is 8.75. The Labute approximate surface area is 151 Å². The van der Waals surface area contributed by atoms with E-state index in [0.717, 1.165) is 0 Å². The zero-order valence-electron chi connectivity index (χ0n) is 15.8. The first kappa shape index (κ1) is 20.4. The van der Waals surface area contributed by atoms with Gasteiger partial charge in [0.25, 0.3) is 0 Å². The maximum Gasteiger partial charge on any atom is 0.408 e. The molecule has 8 nitrogen and oxygen atoms in total. The molecule has 2 fully saturated rings. The molecule has 0 aliphatic heterocycles. The highest BCUT2D eigenvalue weighted by Crippen LogP contribution is 2.67. The molecule has 0 aromatic carbocycles. The molecule has 148 valence electrons. The zero-order valence-corrected chi connectivity index (χ0v) is 15.8. The number of halogens is 1. The molecule has 0 aromatic rings. The van der Waals surface area contributed by atoms with Crippen molar-refractivity contribution in [3.05, 3.63) is 0 Å². The number of carbonyl (C=O) groups excluding carboxylic acids is 3. The van der Waals surface area contributed by atoms with Gasteiger partial charge in [0.2, 0.25) is 5.67 Å². The Bertz CT molecular complexity index is 607. The molecular weight excluding hydrogens is 347 g/mol. The molecule has 26 heavy (non-hydrogen) atoms. The monoisotopic (exact) mass is 374 g/mol. The third-order valence-electron chi connectivity index (χ3n) is 4.78. The summed E-state index contributed by atoms with van der Waals surface area (Å²) in [5.74, 6) is -3.91. The van der Waals surface area contributed by atoms with E-state index in [-0.39, 0.29) is 19.6 Å². The maximum absolute atomic E-state index is 15.3. The van der Waals surface area contributed by atoms with Crippen LogP contribution >= 0.6 is 0 Å². The van der Waals surface area contributed by atoms with Gasteiger partial charge < -0.3 is 25.3 Å². The summed E-state index contributed by atoms with van der Waals surface area (Å²) in [5.41, 5.74) is 0.984. The second-order valence-electron chi connectivity index (χ2n) is 7.63. The Kier molecular flexibility index (Phi) is 5.24. The van der Waals surface area contributed by atoms with E-state index in [9.17, 15) is 14.4 Å².